The van der Waals surface area contributed by atoms with E-state index in [4.69, 9.17) is 4.74 Å². The molecule has 1 fully saturated rings. The van der Waals surface area contributed by atoms with E-state index in [1.54, 1.807) is 11.6 Å². The molecule has 1 aliphatic carbocycles. The van der Waals surface area contributed by atoms with Gasteiger partial charge in [-0.3, -0.25) is 0 Å². The zero-order valence-electron chi connectivity index (χ0n) is 20.9. The third kappa shape index (κ3) is 5.99. The van der Waals surface area contributed by atoms with Crippen LogP contribution >= 0.6 is 0 Å². The summed E-state index contributed by atoms with van der Waals surface area (Å²) in [5.41, 5.74) is 3.33. The third-order valence-corrected chi connectivity index (χ3v) is 8.82. The predicted octanol–water partition coefficient (Wildman–Crippen LogP) is 4.16. The molecule has 2 unspecified atom stereocenters. The molecular weight excluding hydrogens is 472 g/mol. The maximum Gasteiger partial charge on any atom is 0.259 e. The van der Waals surface area contributed by atoms with E-state index in [9.17, 15) is 8.42 Å². The fourth-order valence-electron chi connectivity index (χ4n) is 5.51. The molecule has 2 atom stereocenters. The number of aryl methyl sites for hydroxylation is 1. The first-order valence-corrected chi connectivity index (χ1v) is 14.5. The van der Waals surface area contributed by atoms with Gasteiger partial charge in [0, 0.05) is 31.7 Å². The lowest BCUT2D eigenvalue weighted by molar-refractivity contribution is 0.209. The Morgan fingerprint density at radius 2 is 1.89 bits per heavy atom. The molecule has 0 spiro atoms. The van der Waals surface area contributed by atoms with Crippen molar-refractivity contribution >= 4 is 10.0 Å². The third-order valence-electron chi connectivity index (χ3n) is 7.53. The predicted molar refractivity (Wildman–Crippen MR) is 140 cm³/mol. The van der Waals surface area contributed by atoms with E-state index in [-0.39, 0.29) is 23.5 Å². The van der Waals surface area contributed by atoms with Crippen LogP contribution in [0.3, 0.4) is 0 Å². The van der Waals surface area contributed by atoms with E-state index >= 15 is 0 Å². The Hall–Kier alpha value is -2.68. The Labute approximate surface area is 214 Å². The van der Waals surface area contributed by atoms with Crippen LogP contribution in [0.5, 0.6) is 5.75 Å². The molecule has 0 bridgehead atoms. The molecule has 2 aliphatic rings. The summed E-state index contributed by atoms with van der Waals surface area (Å²) >= 11 is 0. The van der Waals surface area contributed by atoms with Crippen molar-refractivity contribution in [2.45, 2.75) is 62.1 Å². The second kappa shape index (κ2) is 11.2. The molecule has 5 rings (SSSR count). The largest absolute Gasteiger partial charge is 0.492 e. The highest BCUT2D eigenvalue weighted by Gasteiger charge is 2.31. The van der Waals surface area contributed by atoms with Gasteiger partial charge in [-0.05, 0) is 48.1 Å². The van der Waals surface area contributed by atoms with Crippen LogP contribution in [0.2, 0.25) is 0 Å². The number of fused-ring (bicyclic) bond motifs is 1. The van der Waals surface area contributed by atoms with Gasteiger partial charge in [-0.1, -0.05) is 68.1 Å². The smallest absolute Gasteiger partial charge is 0.259 e. The van der Waals surface area contributed by atoms with Crippen molar-refractivity contribution in [3.63, 3.8) is 0 Å². The Bertz CT molecular complexity index is 1250. The zero-order chi connectivity index (χ0) is 25.0. The molecule has 1 aromatic heterocycles. The van der Waals surface area contributed by atoms with Crippen LogP contribution in [-0.2, 0) is 30.0 Å². The number of sulfonamides is 1. The molecule has 192 valence electrons. The van der Waals surface area contributed by atoms with Crippen molar-refractivity contribution < 1.29 is 13.2 Å². The van der Waals surface area contributed by atoms with Gasteiger partial charge in [-0.15, -0.1) is 0 Å². The molecule has 36 heavy (non-hydrogen) atoms. The van der Waals surface area contributed by atoms with Crippen molar-refractivity contribution in [3.05, 3.63) is 77.7 Å². The number of imidazole rings is 1. The van der Waals surface area contributed by atoms with Gasteiger partial charge in [0.25, 0.3) is 10.0 Å². The maximum atomic E-state index is 12.7. The SMILES string of the molecule is Cn1cnc(S(=O)(=O)NCc2ccc3c(c2)C(Cc2ccccc2)C(NCCC2CCCC2)CO3)c1. The van der Waals surface area contributed by atoms with E-state index < -0.39 is 10.0 Å². The first-order chi connectivity index (χ1) is 17.5. The monoisotopic (exact) mass is 508 g/mol. The molecular formula is C28H36N4O3S. The Kier molecular flexibility index (Phi) is 7.74. The maximum absolute atomic E-state index is 12.7. The highest BCUT2D eigenvalue weighted by molar-refractivity contribution is 7.89. The lowest BCUT2D eigenvalue weighted by Crippen LogP contribution is -2.44. The number of nitrogens with zero attached hydrogens (tertiary/aromatic N) is 2. The standard InChI is InChI=1S/C28H36N4O3S/c1-32-18-28(30-20-32)36(33,34)31-17-23-11-12-27-25(16-23)24(15-22-9-3-2-4-10-22)26(19-35-27)29-14-13-21-7-5-6-8-21/h2-4,9-12,16,18,20-21,24,26,29,31H,5-8,13-15,17,19H2,1H3. The first-order valence-electron chi connectivity index (χ1n) is 13.0. The van der Waals surface area contributed by atoms with Crippen molar-refractivity contribution in [2.75, 3.05) is 13.2 Å². The Morgan fingerprint density at radius 1 is 1.08 bits per heavy atom. The highest BCUT2D eigenvalue weighted by atomic mass is 32.2. The summed E-state index contributed by atoms with van der Waals surface area (Å²) in [6.45, 7) is 1.84. The molecule has 2 aromatic carbocycles. The van der Waals surface area contributed by atoms with Crippen LogP contribution in [0.15, 0.2) is 66.1 Å². The number of nitrogens with one attached hydrogen (secondary N) is 2. The average molecular weight is 509 g/mol. The van der Waals surface area contributed by atoms with E-state index in [0.717, 1.165) is 35.8 Å². The molecule has 1 saturated carbocycles. The number of hydrogen-bond acceptors (Lipinski definition) is 5. The van der Waals surface area contributed by atoms with Gasteiger partial charge >= 0.3 is 0 Å². The minimum Gasteiger partial charge on any atom is -0.492 e. The normalized spacial score (nSPS) is 20.2. The van der Waals surface area contributed by atoms with E-state index in [0.29, 0.717) is 6.61 Å². The second-order valence-corrected chi connectivity index (χ2v) is 11.9. The van der Waals surface area contributed by atoms with Crippen molar-refractivity contribution in [2.24, 2.45) is 13.0 Å². The van der Waals surface area contributed by atoms with Crippen LogP contribution in [0.1, 0.15) is 54.7 Å². The lowest BCUT2D eigenvalue weighted by Gasteiger charge is -2.35. The second-order valence-electron chi connectivity index (χ2n) is 10.2. The lowest BCUT2D eigenvalue weighted by atomic mass is 9.83. The molecule has 8 heteroatoms. The first kappa shape index (κ1) is 25.0. The number of ether oxygens (including phenoxy) is 1. The molecule has 2 heterocycles. The number of rotatable bonds is 10. The summed E-state index contributed by atoms with van der Waals surface area (Å²) in [6, 6.07) is 16.8. The van der Waals surface area contributed by atoms with Crippen LogP contribution in [0.4, 0.5) is 0 Å². The number of benzene rings is 2. The van der Waals surface area contributed by atoms with Crippen molar-refractivity contribution in [1.82, 2.24) is 19.6 Å². The van der Waals surface area contributed by atoms with Gasteiger partial charge in [0.2, 0.25) is 0 Å². The van der Waals surface area contributed by atoms with E-state index in [1.807, 2.05) is 18.2 Å². The molecule has 0 radical (unpaired) electrons. The van der Waals surface area contributed by atoms with Gasteiger partial charge in [0.05, 0.1) is 6.33 Å². The molecule has 7 nitrogen and oxygen atoms in total. The summed E-state index contributed by atoms with van der Waals surface area (Å²) in [6.07, 6.45) is 10.6. The minimum atomic E-state index is -3.68. The minimum absolute atomic E-state index is 0.0276. The fourth-order valence-corrected chi connectivity index (χ4v) is 6.51. The Balaban J connectivity index is 1.33. The van der Waals surface area contributed by atoms with Gasteiger partial charge in [0.1, 0.15) is 12.4 Å². The van der Waals surface area contributed by atoms with Crippen LogP contribution in [0, 0.1) is 5.92 Å². The Morgan fingerprint density at radius 3 is 2.64 bits per heavy atom. The summed E-state index contributed by atoms with van der Waals surface area (Å²) in [7, 11) is -1.93. The van der Waals surface area contributed by atoms with Gasteiger partial charge < -0.3 is 14.6 Å². The number of aromatic nitrogens is 2. The molecule has 2 N–H and O–H groups in total. The summed E-state index contributed by atoms with van der Waals surface area (Å²) in [5, 5.41) is 3.84. The van der Waals surface area contributed by atoms with E-state index in [2.05, 4.69) is 45.4 Å². The summed E-state index contributed by atoms with van der Waals surface area (Å²) < 4.78 is 35.8. The highest BCUT2D eigenvalue weighted by Crippen LogP contribution is 2.37. The average Bonchev–Trinajstić information content (AvgIpc) is 3.57. The molecule has 0 saturated heterocycles. The molecule has 1 aliphatic heterocycles. The topological polar surface area (TPSA) is 85.2 Å². The van der Waals surface area contributed by atoms with Crippen molar-refractivity contribution in [1.29, 1.82) is 0 Å². The quantitative estimate of drug-likeness (QED) is 0.430. The van der Waals surface area contributed by atoms with Crippen LogP contribution in [0.25, 0.3) is 0 Å². The van der Waals surface area contributed by atoms with Crippen molar-refractivity contribution in [3.8, 4) is 5.75 Å². The van der Waals surface area contributed by atoms with Crippen LogP contribution < -0.4 is 14.8 Å². The summed E-state index contributed by atoms with van der Waals surface area (Å²) in [5.74, 6) is 1.98. The fraction of sp³-hybridized carbons (Fsp3) is 0.464. The molecule has 3 aromatic rings. The van der Waals surface area contributed by atoms with Gasteiger partial charge in [0.15, 0.2) is 5.03 Å². The molecule has 0 amide bonds. The van der Waals surface area contributed by atoms with E-state index in [1.165, 1.54) is 50.2 Å². The van der Waals surface area contributed by atoms with Gasteiger partial charge in [-0.2, -0.15) is 0 Å². The summed E-state index contributed by atoms with van der Waals surface area (Å²) in [4.78, 5) is 3.98. The van der Waals surface area contributed by atoms with Crippen LogP contribution in [-0.4, -0.2) is 37.2 Å². The number of hydrogen-bond donors (Lipinski definition) is 2. The van der Waals surface area contributed by atoms with Gasteiger partial charge in [-0.25, -0.2) is 18.1 Å². The zero-order valence-corrected chi connectivity index (χ0v) is 21.7.